The molecule has 4 unspecified atom stereocenters. The summed E-state index contributed by atoms with van der Waals surface area (Å²) in [5, 5.41) is 8.22. The Balaban J connectivity index is 1.63. The lowest BCUT2D eigenvalue weighted by molar-refractivity contribution is 0.398. The molecule has 0 amide bonds. The topological polar surface area (TPSA) is 66.8 Å². The van der Waals surface area contributed by atoms with E-state index in [9.17, 15) is 0 Å². The van der Waals surface area contributed by atoms with Crippen LogP contribution in [0.2, 0.25) is 0 Å². The van der Waals surface area contributed by atoms with Crippen LogP contribution in [-0.2, 0) is 0 Å². The van der Waals surface area contributed by atoms with Crippen LogP contribution in [0.1, 0.15) is 50.9 Å². The standard InChI is InChI=1S/C18H28N6/c1-12(9-16-10-13(2)22-23-16)21-14(3)17-11-20-24(15(17)4)18-7-5-6-8-19-18/h5-8,11-14,16,21-23H,9-10H2,1-4H3. The van der Waals surface area contributed by atoms with Gasteiger partial charge in [0.25, 0.3) is 0 Å². The molecular weight excluding hydrogens is 300 g/mol. The largest absolute Gasteiger partial charge is 0.308 e. The van der Waals surface area contributed by atoms with Crippen molar-refractivity contribution in [3.8, 4) is 5.82 Å². The normalized spacial score (nSPS) is 23.3. The maximum Gasteiger partial charge on any atom is 0.153 e. The minimum absolute atomic E-state index is 0.254. The van der Waals surface area contributed by atoms with Gasteiger partial charge in [-0.3, -0.25) is 10.9 Å². The molecule has 4 atom stereocenters. The zero-order valence-corrected chi connectivity index (χ0v) is 15.0. The van der Waals surface area contributed by atoms with E-state index in [-0.39, 0.29) is 6.04 Å². The van der Waals surface area contributed by atoms with Crippen LogP contribution in [0.25, 0.3) is 5.82 Å². The third-order valence-electron chi connectivity index (χ3n) is 4.73. The Morgan fingerprint density at radius 1 is 1.33 bits per heavy atom. The van der Waals surface area contributed by atoms with Crippen LogP contribution in [0.3, 0.4) is 0 Å². The molecule has 0 aromatic carbocycles. The van der Waals surface area contributed by atoms with Crippen molar-refractivity contribution >= 4 is 0 Å². The Labute approximate surface area is 144 Å². The number of nitrogens with one attached hydrogen (secondary N) is 3. The second-order valence-electron chi connectivity index (χ2n) is 6.93. The van der Waals surface area contributed by atoms with Crippen molar-refractivity contribution in [2.75, 3.05) is 0 Å². The summed E-state index contributed by atoms with van der Waals surface area (Å²) in [5.41, 5.74) is 9.02. The summed E-state index contributed by atoms with van der Waals surface area (Å²) < 4.78 is 1.91. The van der Waals surface area contributed by atoms with E-state index in [1.54, 1.807) is 6.20 Å². The summed E-state index contributed by atoms with van der Waals surface area (Å²) in [6.45, 7) is 8.76. The van der Waals surface area contributed by atoms with Gasteiger partial charge in [-0.1, -0.05) is 6.07 Å². The average molecular weight is 328 g/mol. The molecule has 1 saturated heterocycles. The lowest BCUT2D eigenvalue weighted by atomic mass is 10.0. The van der Waals surface area contributed by atoms with Crippen LogP contribution >= 0.6 is 0 Å². The summed E-state index contributed by atoms with van der Waals surface area (Å²) in [7, 11) is 0. The molecule has 2 aromatic heterocycles. The summed E-state index contributed by atoms with van der Waals surface area (Å²) >= 11 is 0. The van der Waals surface area contributed by atoms with Gasteiger partial charge in [0, 0.05) is 41.6 Å². The molecule has 0 aliphatic carbocycles. The van der Waals surface area contributed by atoms with Crippen molar-refractivity contribution in [1.29, 1.82) is 0 Å². The Morgan fingerprint density at radius 2 is 2.17 bits per heavy atom. The number of aromatic nitrogens is 3. The maximum atomic E-state index is 4.52. The molecule has 0 saturated carbocycles. The van der Waals surface area contributed by atoms with Crippen molar-refractivity contribution in [2.45, 2.75) is 64.7 Å². The van der Waals surface area contributed by atoms with Crippen molar-refractivity contribution in [3.05, 3.63) is 41.9 Å². The summed E-state index contributed by atoms with van der Waals surface area (Å²) in [4.78, 5) is 4.38. The van der Waals surface area contributed by atoms with E-state index in [4.69, 9.17) is 0 Å². The van der Waals surface area contributed by atoms with Crippen LogP contribution in [0, 0.1) is 6.92 Å². The molecule has 130 valence electrons. The van der Waals surface area contributed by atoms with Crippen molar-refractivity contribution < 1.29 is 0 Å². The van der Waals surface area contributed by atoms with E-state index in [2.05, 4.69) is 53.9 Å². The molecule has 0 spiro atoms. The molecule has 6 nitrogen and oxygen atoms in total. The number of hydrogen-bond donors (Lipinski definition) is 3. The molecule has 0 radical (unpaired) electrons. The number of nitrogens with zero attached hydrogens (tertiary/aromatic N) is 3. The SMILES string of the molecule is Cc1c(C(C)NC(C)CC2CC(C)NN2)cnn1-c1ccccn1. The molecule has 3 heterocycles. The van der Waals surface area contributed by atoms with Crippen LogP contribution in [0.4, 0.5) is 0 Å². The maximum absolute atomic E-state index is 4.52. The van der Waals surface area contributed by atoms with E-state index >= 15 is 0 Å². The highest BCUT2D eigenvalue weighted by Gasteiger charge is 2.23. The Kier molecular flexibility index (Phi) is 5.28. The first-order chi connectivity index (χ1) is 11.5. The number of hydrazine groups is 1. The van der Waals surface area contributed by atoms with Crippen LogP contribution in [0.15, 0.2) is 30.6 Å². The second kappa shape index (κ2) is 7.42. The third-order valence-corrected chi connectivity index (χ3v) is 4.73. The highest BCUT2D eigenvalue weighted by atomic mass is 15.4. The highest BCUT2D eigenvalue weighted by molar-refractivity contribution is 5.29. The quantitative estimate of drug-likeness (QED) is 0.759. The summed E-state index contributed by atoms with van der Waals surface area (Å²) in [6, 6.07) is 7.65. The van der Waals surface area contributed by atoms with Gasteiger partial charge in [-0.2, -0.15) is 5.10 Å². The fourth-order valence-electron chi connectivity index (χ4n) is 3.53. The minimum atomic E-state index is 0.254. The van der Waals surface area contributed by atoms with Crippen LogP contribution < -0.4 is 16.2 Å². The van der Waals surface area contributed by atoms with Crippen LogP contribution in [0.5, 0.6) is 0 Å². The average Bonchev–Trinajstić information content (AvgIpc) is 3.13. The van der Waals surface area contributed by atoms with Gasteiger partial charge in [-0.05, 0) is 52.7 Å². The van der Waals surface area contributed by atoms with E-state index in [1.807, 2.05) is 29.1 Å². The van der Waals surface area contributed by atoms with Gasteiger partial charge in [0.2, 0.25) is 0 Å². The Bertz CT molecular complexity index is 653. The molecule has 3 rings (SSSR count). The first-order valence-electron chi connectivity index (χ1n) is 8.77. The zero-order valence-electron chi connectivity index (χ0n) is 15.0. The smallest absolute Gasteiger partial charge is 0.153 e. The van der Waals surface area contributed by atoms with Crippen molar-refractivity contribution in [3.63, 3.8) is 0 Å². The van der Waals surface area contributed by atoms with Gasteiger partial charge in [0.1, 0.15) is 0 Å². The van der Waals surface area contributed by atoms with Gasteiger partial charge >= 0.3 is 0 Å². The number of rotatable bonds is 6. The van der Waals surface area contributed by atoms with Gasteiger partial charge in [0.15, 0.2) is 5.82 Å². The Morgan fingerprint density at radius 3 is 2.83 bits per heavy atom. The van der Waals surface area contributed by atoms with E-state index in [0.29, 0.717) is 18.1 Å². The zero-order chi connectivity index (χ0) is 17.1. The molecule has 0 bridgehead atoms. The van der Waals surface area contributed by atoms with E-state index in [1.165, 1.54) is 12.0 Å². The lowest BCUT2D eigenvalue weighted by Gasteiger charge is -2.22. The fraction of sp³-hybridized carbons (Fsp3) is 0.556. The van der Waals surface area contributed by atoms with Gasteiger partial charge in [0.05, 0.1) is 6.20 Å². The monoisotopic (exact) mass is 328 g/mol. The molecule has 3 N–H and O–H groups in total. The molecular formula is C18H28N6. The second-order valence-corrected chi connectivity index (χ2v) is 6.93. The predicted molar refractivity (Wildman–Crippen MR) is 95.9 cm³/mol. The van der Waals surface area contributed by atoms with Crippen LogP contribution in [-0.4, -0.2) is 32.9 Å². The Hall–Kier alpha value is -1.76. The molecule has 24 heavy (non-hydrogen) atoms. The van der Waals surface area contributed by atoms with Gasteiger partial charge < -0.3 is 5.32 Å². The van der Waals surface area contributed by atoms with Crippen molar-refractivity contribution in [2.24, 2.45) is 0 Å². The number of pyridine rings is 1. The summed E-state index contributed by atoms with van der Waals surface area (Å²) in [6.07, 6.45) is 6.03. The fourth-order valence-corrected chi connectivity index (χ4v) is 3.53. The molecule has 6 heteroatoms. The van der Waals surface area contributed by atoms with Gasteiger partial charge in [-0.15, -0.1) is 0 Å². The highest BCUT2D eigenvalue weighted by Crippen LogP contribution is 2.20. The molecule has 1 aliphatic heterocycles. The van der Waals surface area contributed by atoms with E-state index in [0.717, 1.165) is 17.9 Å². The van der Waals surface area contributed by atoms with Gasteiger partial charge in [-0.25, -0.2) is 9.67 Å². The first kappa shape index (κ1) is 17.1. The minimum Gasteiger partial charge on any atom is -0.308 e. The van der Waals surface area contributed by atoms with Crippen molar-refractivity contribution in [1.82, 2.24) is 30.9 Å². The third kappa shape index (κ3) is 3.83. The van der Waals surface area contributed by atoms with E-state index < -0.39 is 0 Å². The first-order valence-corrected chi connectivity index (χ1v) is 8.77. The molecule has 2 aromatic rings. The lowest BCUT2D eigenvalue weighted by Crippen LogP contribution is -2.38. The number of hydrogen-bond acceptors (Lipinski definition) is 5. The molecule has 1 aliphatic rings. The molecule has 1 fully saturated rings. The summed E-state index contributed by atoms with van der Waals surface area (Å²) in [5.74, 6) is 0.858. The predicted octanol–water partition coefficient (Wildman–Crippen LogP) is 2.26.